The maximum Gasteiger partial charge on any atom is 0.337 e. The number of ether oxygens (including phenoxy) is 1. The monoisotopic (exact) mass is 194 g/mol. The van der Waals surface area contributed by atoms with Crippen LogP contribution < -0.4 is 4.74 Å². The lowest BCUT2D eigenvalue weighted by atomic mass is 10.2. The van der Waals surface area contributed by atoms with Crippen molar-refractivity contribution in [2.45, 2.75) is 0 Å². The zero-order valence-corrected chi connectivity index (χ0v) is 7.07. The van der Waals surface area contributed by atoms with Crippen molar-refractivity contribution in [3.05, 3.63) is 30.0 Å². The number of benzene rings is 1. The summed E-state index contributed by atoms with van der Waals surface area (Å²) in [4.78, 5) is 13.7. The number of fused-ring (bicyclic) bond motifs is 1. The van der Waals surface area contributed by atoms with Crippen LogP contribution in [0.15, 0.2) is 24.4 Å². The highest BCUT2D eigenvalue weighted by Gasteiger charge is 2.10. The van der Waals surface area contributed by atoms with E-state index in [0.29, 0.717) is 10.9 Å². The second kappa shape index (κ2) is 3.06. The molecule has 0 amide bonds. The van der Waals surface area contributed by atoms with Gasteiger partial charge in [0.05, 0.1) is 16.7 Å². The van der Waals surface area contributed by atoms with E-state index in [1.54, 1.807) is 6.07 Å². The fourth-order valence-corrected chi connectivity index (χ4v) is 1.34. The molecule has 0 aliphatic heterocycles. The number of methoxy groups -OCH3 is 1. The van der Waals surface area contributed by atoms with Crippen LogP contribution in [-0.2, 0) is 0 Å². The molecule has 1 aromatic carbocycles. The standard InChI is InChI=1S/C10H9NO3/c1-14-6-2-3-9-7(4-6)8(5-11-9)10(12)13/h2-5,11H,1H3,(H,12,13)/i1D3. The van der Waals surface area contributed by atoms with Gasteiger partial charge in [-0.05, 0) is 18.2 Å². The summed E-state index contributed by atoms with van der Waals surface area (Å²) in [6.07, 6.45) is 1.35. The Kier molecular flexibility index (Phi) is 1.25. The van der Waals surface area contributed by atoms with Crippen LogP contribution in [0.1, 0.15) is 14.5 Å². The van der Waals surface area contributed by atoms with E-state index in [1.165, 1.54) is 18.3 Å². The average molecular weight is 194 g/mol. The Hall–Kier alpha value is -1.97. The molecule has 14 heavy (non-hydrogen) atoms. The summed E-state index contributed by atoms with van der Waals surface area (Å²) >= 11 is 0. The van der Waals surface area contributed by atoms with Crippen LogP contribution in [0.25, 0.3) is 10.9 Å². The number of rotatable bonds is 2. The number of H-pyrrole nitrogens is 1. The predicted octanol–water partition coefficient (Wildman–Crippen LogP) is 1.87. The van der Waals surface area contributed by atoms with Gasteiger partial charge in [-0.1, -0.05) is 0 Å². The Labute approximate surface area is 84.3 Å². The molecule has 0 saturated carbocycles. The summed E-state index contributed by atoms with van der Waals surface area (Å²) in [6.45, 7) is 0. The van der Waals surface area contributed by atoms with Gasteiger partial charge in [0, 0.05) is 17.1 Å². The first-order valence-electron chi connectivity index (χ1n) is 5.40. The number of carboxylic acids is 1. The Morgan fingerprint density at radius 3 is 3.21 bits per heavy atom. The maximum atomic E-state index is 10.9. The highest BCUT2D eigenvalue weighted by molar-refractivity contribution is 6.03. The molecule has 0 atom stereocenters. The Morgan fingerprint density at radius 2 is 2.50 bits per heavy atom. The highest BCUT2D eigenvalue weighted by atomic mass is 16.5. The third kappa shape index (κ3) is 1.21. The minimum atomic E-state index is -2.55. The van der Waals surface area contributed by atoms with E-state index in [1.807, 2.05) is 0 Å². The van der Waals surface area contributed by atoms with Crippen LogP contribution >= 0.6 is 0 Å². The predicted molar refractivity (Wildman–Crippen MR) is 51.8 cm³/mol. The van der Waals surface area contributed by atoms with Crippen molar-refractivity contribution in [2.75, 3.05) is 7.04 Å². The largest absolute Gasteiger partial charge is 0.497 e. The molecule has 4 heteroatoms. The summed E-state index contributed by atoms with van der Waals surface area (Å²) in [7, 11) is -2.55. The fraction of sp³-hybridized carbons (Fsp3) is 0.100. The normalized spacial score (nSPS) is 14.4. The minimum absolute atomic E-state index is 0.0796. The molecule has 72 valence electrons. The molecule has 0 aliphatic rings. The van der Waals surface area contributed by atoms with E-state index in [9.17, 15) is 4.79 Å². The molecular weight excluding hydrogens is 182 g/mol. The number of aromatic amines is 1. The molecule has 0 aliphatic carbocycles. The van der Waals surface area contributed by atoms with Gasteiger partial charge in [0.1, 0.15) is 5.75 Å². The van der Waals surface area contributed by atoms with Crippen LogP contribution in [0.2, 0.25) is 0 Å². The lowest BCUT2D eigenvalue weighted by Crippen LogP contribution is -1.93. The Balaban J connectivity index is 2.48. The van der Waals surface area contributed by atoms with Crippen molar-refractivity contribution in [3.8, 4) is 5.75 Å². The number of aromatic nitrogens is 1. The van der Waals surface area contributed by atoms with Crippen LogP contribution in [0.3, 0.4) is 0 Å². The summed E-state index contributed by atoms with van der Waals surface area (Å²) < 4.78 is 25.6. The molecule has 4 nitrogen and oxygen atoms in total. The zero-order valence-electron chi connectivity index (χ0n) is 10.1. The second-order valence-corrected chi connectivity index (χ2v) is 2.82. The molecule has 0 radical (unpaired) electrons. The number of nitrogens with one attached hydrogen (secondary N) is 1. The van der Waals surface area contributed by atoms with Gasteiger partial charge in [-0.2, -0.15) is 0 Å². The Bertz CT molecular complexity index is 574. The molecule has 2 rings (SSSR count). The van der Waals surface area contributed by atoms with Crippen LogP contribution in [-0.4, -0.2) is 23.1 Å². The van der Waals surface area contributed by atoms with E-state index in [2.05, 4.69) is 4.98 Å². The number of hydrogen-bond donors (Lipinski definition) is 2. The van der Waals surface area contributed by atoms with Gasteiger partial charge in [0.15, 0.2) is 0 Å². The SMILES string of the molecule is [2H]C([2H])([2H])Oc1ccc2[nH]cc(C(=O)O)c2c1. The molecule has 1 aromatic heterocycles. The number of aromatic carboxylic acids is 1. The molecule has 0 unspecified atom stereocenters. The van der Waals surface area contributed by atoms with E-state index in [-0.39, 0.29) is 11.3 Å². The number of carbonyl (C=O) groups is 1. The van der Waals surface area contributed by atoms with Gasteiger partial charge >= 0.3 is 5.97 Å². The third-order valence-corrected chi connectivity index (χ3v) is 2.00. The van der Waals surface area contributed by atoms with Crippen molar-refractivity contribution in [3.63, 3.8) is 0 Å². The van der Waals surface area contributed by atoms with E-state index in [4.69, 9.17) is 14.0 Å². The molecular formula is C10H9NO3. The van der Waals surface area contributed by atoms with E-state index >= 15 is 0 Å². The lowest BCUT2D eigenvalue weighted by Gasteiger charge is -1.99. The van der Waals surface area contributed by atoms with Crippen molar-refractivity contribution < 1.29 is 18.8 Å². The summed E-state index contributed by atoms with van der Waals surface area (Å²) in [5, 5.41) is 9.34. The van der Waals surface area contributed by atoms with Gasteiger partial charge in [0.25, 0.3) is 0 Å². The van der Waals surface area contributed by atoms with Crippen LogP contribution in [0, 0.1) is 0 Å². The third-order valence-electron chi connectivity index (χ3n) is 2.00. The summed E-state index contributed by atoms with van der Waals surface area (Å²) in [6, 6.07) is 4.43. The highest BCUT2D eigenvalue weighted by Crippen LogP contribution is 2.23. The summed E-state index contributed by atoms with van der Waals surface area (Å²) in [5.41, 5.74) is 0.691. The Morgan fingerprint density at radius 1 is 1.64 bits per heavy atom. The lowest BCUT2D eigenvalue weighted by molar-refractivity contribution is 0.0699. The number of hydrogen-bond acceptors (Lipinski definition) is 2. The van der Waals surface area contributed by atoms with Gasteiger partial charge in [0.2, 0.25) is 0 Å². The van der Waals surface area contributed by atoms with Gasteiger partial charge in [-0.25, -0.2) is 4.79 Å². The van der Waals surface area contributed by atoms with Crippen molar-refractivity contribution >= 4 is 16.9 Å². The first kappa shape index (κ1) is 5.70. The number of carboxylic acid groups (broad SMARTS) is 1. The molecule has 2 aromatic rings. The quantitative estimate of drug-likeness (QED) is 0.767. The molecule has 0 fully saturated rings. The first-order chi connectivity index (χ1) is 7.87. The smallest absolute Gasteiger partial charge is 0.337 e. The zero-order chi connectivity index (χ0) is 12.6. The van der Waals surface area contributed by atoms with Crippen LogP contribution in [0.4, 0.5) is 0 Å². The second-order valence-electron chi connectivity index (χ2n) is 2.82. The minimum Gasteiger partial charge on any atom is -0.497 e. The van der Waals surface area contributed by atoms with E-state index < -0.39 is 13.0 Å². The summed E-state index contributed by atoms with van der Waals surface area (Å²) in [5.74, 6) is -0.970. The van der Waals surface area contributed by atoms with Gasteiger partial charge in [-0.3, -0.25) is 0 Å². The first-order valence-corrected chi connectivity index (χ1v) is 3.90. The van der Waals surface area contributed by atoms with Gasteiger partial charge in [-0.15, -0.1) is 0 Å². The van der Waals surface area contributed by atoms with Crippen molar-refractivity contribution in [2.24, 2.45) is 0 Å². The van der Waals surface area contributed by atoms with Crippen molar-refractivity contribution in [1.29, 1.82) is 0 Å². The fourth-order valence-electron chi connectivity index (χ4n) is 1.34. The topological polar surface area (TPSA) is 62.3 Å². The molecule has 0 saturated heterocycles. The molecule has 1 heterocycles. The molecule has 0 bridgehead atoms. The molecule has 2 N–H and O–H groups in total. The maximum absolute atomic E-state index is 10.9. The van der Waals surface area contributed by atoms with Gasteiger partial charge < -0.3 is 14.8 Å². The van der Waals surface area contributed by atoms with E-state index in [0.717, 1.165) is 0 Å². The van der Waals surface area contributed by atoms with Crippen molar-refractivity contribution in [1.82, 2.24) is 4.98 Å². The average Bonchev–Trinajstić information content (AvgIpc) is 2.57. The van der Waals surface area contributed by atoms with Crippen LogP contribution in [0.5, 0.6) is 5.75 Å². The molecule has 0 spiro atoms.